The third-order valence-electron chi connectivity index (χ3n) is 3.66. The van der Waals surface area contributed by atoms with E-state index in [1.807, 2.05) is 6.92 Å². The van der Waals surface area contributed by atoms with Gasteiger partial charge in [-0.2, -0.15) is 0 Å². The second-order valence-corrected chi connectivity index (χ2v) is 4.99. The molecule has 0 unspecified atom stereocenters. The zero-order valence-electron chi connectivity index (χ0n) is 10.9. The van der Waals surface area contributed by atoms with Crippen molar-refractivity contribution in [2.24, 2.45) is 0 Å². The van der Waals surface area contributed by atoms with Crippen LogP contribution < -0.4 is 10.3 Å². The first-order valence-electron chi connectivity index (χ1n) is 6.16. The second kappa shape index (κ2) is 4.06. The number of hydrogen-bond donors (Lipinski definition) is 1. The minimum atomic E-state index is -1.32. The molecular weight excluding hydrogens is 265 g/mol. The smallest absolute Gasteiger partial charge is 0.341 e. The first kappa shape index (κ1) is 12.7. The van der Waals surface area contributed by atoms with E-state index in [1.54, 1.807) is 6.92 Å². The summed E-state index contributed by atoms with van der Waals surface area (Å²) in [5.41, 5.74) is 0.346. The Hall–Kier alpha value is -2.37. The van der Waals surface area contributed by atoms with E-state index in [1.165, 1.54) is 6.07 Å². The molecule has 0 aromatic carbocycles. The monoisotopic (exact) mass is 277 g/mol. The quantitative estimate of drug-likeness (QED) is 0.865. The number of aromatic nitrogens is 1. The molecule has 0 spiro atoms. The number of rotatable bonds is 1. The van der Waals surface area contributed by atoms with Gasteiger partial charge in [0, 0.05) is 17.7 Å². The Labute approximate surface area is 113 Å². The van der Waals surface area contributed by atoms with Gasteiger partial charge in [0.2, 0.25) is 0 Å². The maximum Gasteiger partial charge on any atom is 0.341 e. The predicted octanol–water partition coefficient (Wildman–Crippen LogP) is 1.94. The SMILES string of the molecule is Cc1c(F)cn2c(=O)c(C(=O)O)cc3c2c1OC[C@@H]3C. The summed E-state index contributed by atoms with van der Waals surface area (Å²) in [7, 11) is 0. The van der Waals surface area contributed by atoms with Gasteiger partial charge in [-0.15, -0.1) is 0 Å². The van der Waals surface area contributed by atoms with Crippen molar-refractivity contribution in [2.45, 2.75) is 19.8 Å². The lowest BCUT2D eigenvalue weighted by molar-refractivity contribution is 0.0694. The Morgan fingerprint density at radius 2 is 2.25 bits per heavy atom. The Morgan fingerprint density at radius 3 is 2.90 bits per heavy atom. The zero-order chi connectivity index (χ0) is 14.6. The number of carboxylic acid groups (broad SMARTS) is 1. The highest BCUT2D eigenvalue weighted by Crippen LogP contribution is 2.36. The molecule has 6 heteroatoms. The van der Waals surface area contributed by atoms with E-state index in [0.717, 1.165) is 10.6 Å². The molecule has 5 nitrogen and oxygen atoms in total. The van der Waals surface area contributed by atoms with Gasteiger partial charge < -0.3 is 9.84 Å². The second-order valence-electron chi connectivity index (χ2n) is 4.99. The Bertz CT molecular complexity index is 809. The maximum atomic E-state index is 13.9. The molecule has 0 fully saturated rings. The van der Waals surface area contributed by atoms with Crippen LogP contribution >= 0.6 is 0 Å². The van der Waals surface area contributed by atoms with Gasteiger partial charge in [-0.05, 0) is 18.6 Å². The van der Waals surface area contributed by atoms with E-state index in [0.29, 0.717) is 29.0 Å². The molecule has 0 radical (unpaired) electrons. The predicted molar refractivity (Wildman–Crippen MR) is 69.2 cm³/mol. The lowest BCUT2D eigenvalue weighted by Crippen LogP contribution is -2.27. The number of ether oxygens (including phenoxy) is 1. The largest absolute Gasteiger partial charge is 0.490 e. The minimum Gasteiger partial charge on any atom is -0.490 e. The summed E-state index contributed by atoms with van der Waals surface area (Å²) >= 11 is 0. The first-order valence-corrected chi connectivity index (χ1v) is 6.16. The van der Waals surface area contributed by atoms with E-state index in [2.05, 4.69) is 0 Å². The Balaban J connectivity index is 2.57. The molecule has 104 valence electrons. The fourth-order valence-electron chi connectivity index (χ4n) is 2.52. The van der Waals surface area contributed by atoms with E-state index in [-0.39, 0.29) is 11.5 Å². The third-order valence-corrected chi connectivity index (χ3v) is 3.66. The Kier molecular flexibility index (Phi) is 2.57. The number of hydrogen-bond acceptors (Lipinski definition) is 3. The molecule has 0 aliphatic carbocycles. The summed E-state index contributed by atoms with van der Waals surface area (Å²) in [5.74, 6) is -1.67. The van der Waals surface area contributed by atoms with E-state index >= 15 is 0 Å². The van der Waals surface area contributed by atoms with Crippen molar-refractivity contribution >= 4 is 11.5 Å². The summed E-state index contributed by atoms with van der Waals surface area (Å²) in [6.45, 7) is 3.76. The molecule has 3 rings (SSSR count). The van der Waals surface area contributed by atoms with Crippen LogP contribution in [0.25, 0.3) is 5.52 Å². The van der Waals surface area contributed by atoms with Crippen molar-refractivity contribution < 1.29 is 19.0 Å². The summed E-state index contributed by atoms with van der Waals surface area (Å²) in [4.78, 5) is 23.3. The first-order chi connectivity index (χ1) is 9.41. The van der Waals surface area contributed by atoms with E-state index in [9.17, 15) is 14.0 Å². The van der Waals surface area contributed by atoms with E-state index < -0.39 is 17.3 Å². The lowest BCUT2D eigenvalue weighted by atomic mass is 9.96. The number of carboxylic acids is 1. The number of halogens is 1. The number of nitrogens with zero attached hydrogens (tertiary/aromatic N) is 1. The van der Waals surface area contributed by atoms with Crippen LogP contribution in [0, 0.1) is 12.7 Å². The standard InChI is InChI=1S/C14H12FNO4/c1-6-5-20-12-7(2)10(15)4-16-11(12)8(6)3-9(13(16)17)14(18)19/h3-4,6H,5H2,1-2H3,(H,18,19)/t6-/m0/s1. The van der Waals surface area contributed by atoms with Crippen LogP contribution in [0.5, 0.6) is 5.75 Å². The van der Waals surface area contributed by atoms with Gasteiger partial charge in [0.25, 0.3) is 5.56 Å². The Morgan fingerprint density at radius 1 is 1.55 bits per heavy atom. The molecular formula is C14H12FNO4. The van der Waals surface area contributed by atoms with Crippen molar-refractivity contribution in [3.05, 3.63) is 45.1 Å². The molecule has 1 aliphatic rings. The number of pyridine rings is 2. The molecule has 0 bridgehead atoms. The van der Waals surface area contributed by atoms with Crippen LogP contribution in [0.15, 0.2) is 17.1 Å². The summed E-state index contributed by atoms with van der Waals surface area (Å²) in [5, 5.41) is 9.10. The molecule has 0 saturated heterocycles. The molecule has 2 aromatic rings. The average molecular weight is 277 g/mol. The molecule has 1 atom stereocenters. The van der Waals surface area contributed by atoms with Gasteiger partial charge in [0.05, 0.1) is 12.1 Å². The molecule has 2 aromatic heterocycles. The van der Waals surface area contributed by atoms with Gasteiger partial charge in [-0.3, -0.25) is 9.20 Å². The number of carbonyl (C=O) groups is 1. The molecule has 1 N–H and O–H groups in total. The minimum absolute atomic E-state index is 0.0685. The highest BCUT2D eigenvalue weighted by molar-refractivity contribution is 5.89. The van der Waals surface area contributed by atoms with Crippen LogP contribution in [-0.2, 0) is 0 Å². The summed E-state index contributed by atoms with van der Waals surface area (Å²) < 4.78 is 20.4. The normalized spacial score (nSPS) is 17.1. The van der Waals surface area contributed by atoms with Gasteiger partial charge in [0.1, 0.15) is 17.1 Å². The van der Waals surface area contributed by atoms with Crippen LogP contribution in [0.1, 0.15) is 34.3 Å². The number of aromatic carboxylic acids is 1. The van der Waals surface area contributed by atoms with E-state index in [4.69, 9.17) is 9.84 Å². The van der Waals surface area contributed by atoms with Crippen molar-refractivity contribution in [1.29, 1.82) is 0 Å². The zero-order valence-corrected chi connectivity index (χ0v) is 10.9. The van der Waals surface area contributed by atoms with Crippen molar-refractivity contribution in [3.8, 4) is 5.75 Å². The van der Waals surface area contributed by atoms with Crippen molar-refractivity contribution in [2.75, 3.05) is 6.61 Å². The third kappa shape index (κ3) is 1.54. The van der Waals surface area contributed by atoms with Gasteiger partial charge in [0.15, 0.2) is 0 Å². The fourth-order valence-corrected chi connectivity index (χ4v) is 2.52. The average Bonchev–Trinajstić information content (AvgIpc) is 2.39. The highest BCUT2D eigenvalue weighted by Gasteiger charge is 2.27. The summed E-state index contributed by atoms with van der Waals surface area (Å²) in [6, 6.07) is 1.37. The molecule has 0 saturated carbocycles. The summed E-state index contributed by atoms with van der Waals surface area (Å²) in [6.07, 6.45) is 1.02. The van der Waals surface area contributed by atoms with Crippen molar-refractivity contribution in [1.82, 2.24) is 4.40 Å². The molecule has 1 aliphatic heterocycles. The topological polar surface area (TPSA) is 68.0 Å². The van der Waals surface area contributed by atoms with Gasteiger partial charge >= 0.3 is 5.97 Å². The molecule has 20 heavy (non-hydrogen) atoms. The maximum absolute atomic E-state index is 13.9. The van der Waals surface area contributed by atoms with Gasteiger partial charge in [-0.1, -0.05) is 6.92 Å². The lowest BCUT2D eigenvalue weighted by Gasteiger charge is -2.25. The van der Waals surface area contributed by atoms with Crippen molar-refractivity contribution in [3.63, 3.8) is 0 Å². The van der Waals surface area contributed by atoms with Crippen LogP contribution in [-0.4, -0.2) is 22.1 Å². The van der Waals surface area contributed by atoms with Crippen LogP contribution in [0.2, 0.25) is 0 Å². The van der Waals surface area contributed by atoms with Crippen LogP contribution in [0.4, 0.5) is 4.39 Å². The molecule has 3 heterocycles. The molecule has 0 amide bonds. The fraction of sp³-hybridized carbons (Fsp3) is 0.286. The van der Waals surface area contributed by atoms with Crippen LogP contribution in [0.3, 0.4) is 0 Å². The van der Waals surface area contributed by atoms with Gasteiger partial charge in [-0.25, -0.2) is 9.18 Å². The highest BCUT2D eigenvalue weighted by atomic mass is 19.1.